The molecule has 17 heavy (non-hydrogen) atoms. The van der Waals surface area contributed by atoms with Crippen LogP contribution in [-0.2, 0) is 5.33 Å². The van der Waals surface area contributed by atoms with E-state index in [9.17, 15) is 5.26 Å². The van der Waals surface area contributed by atoms with Crippen LogP contribution in [0.4, 0.5) is 5.69 Å². The second-order valence-electron chi connectivity index (χ2n) is 4.22. The second-order valence-corrected chi connectivity index (χ2v) is 6.33. The lowest BCUT2D eigenvalue weighted by Gasteiger charge is -2.33. The van der Waals surface area contributed by atoms with Gasteiger partial charge >= 0.3 is 0 Å². The van der Waals surface area contributed by atoms with Gasteiger partial charge in [0.05, 0.1) is 11.3 Å². The second kappa shape index (κ2) is 5.79. The molecule has 0 bridgehead atoms. The SMILES string of the molecule is CC1CN(c2ccc(CBr)cc2C#N)CCS1. The molecule has 0 N–H and O–H groups in total. The maximum Gasteiger partial charge on any atom is 0.101 e. The van der Waals surface area contributed by atoms with Crippen LogP contribution in [0.5, 0.6) is 0 Å². The minimum Gasteiger partial charge on any atom is -0.369 e. The minimum atomic E-state index is 0.645. The molecule has 1 aliphatic rings. The van der Waals surface area contributed by atoms with Crippen molar-refractivity contribution in [3.8, 4) is 6.07 Å². The van der Waals surface area contributed by atoms with Crippen molar-refractivity contribution >= 4 is 33.4 Å². The van der Waals surface area contributed by atoms with Gasteiger partial charge in [0.1, 0.15) is 6.07 Å². The van der Waals surface area contributed by atoms with Gasteiger partial charge in [-0.2, -0.15) is 17.0 Å². The Bertz CT molecular complexity index is 442. The number of rotatable bonds is 2. The van der Waals surface area contributed by atoms with E-state index in [4.69, 9.17) is 0 Å². The molecule has 1 atom stereocenters. The van der Waals surface area contributed by atoms with Crippen LogP contribution in [0.3, 0.4) is 0 Å². The lowest BCUT2D eigenvalue weighted by Crippen LogP contribution is -2.37. The van der Waals surface area contributed by atoms with Crippen molar-refractivity contribution in [3.05, 3.63) is 29.3 Å². The fraction of sp³-hybridized carbons (Fsp3) is 0.462. The molecule has 1 aromatic carbocycles. The van der Waals surface area contributed by atoms with Gasteiger partial charge in [0.25, 0.3) is 0 Å². The molecule has 0 radical (unpaired) electrons. The predicted octanol–water partition coefficient (Wildman–Crippen LogP) is 3.39. The van der Waals surface area contributed by atoms with Gasteiger partial charge in [-0.1, -0.05) is 28.9 Å². The van der Waals surface area contributed by atoms with E-state index in [1.807, 2.05) is 17.8 Å². The van der Waals surface area contributed by atoms with Gasteiger partial charge in [0.2, 0.25) is 0 Å². The third kappa shape index (κ3) is 2.97. The van der Waals surface area contributed by atoms with Gasteiger partial charge < -0.3 is 4.90 Å². The maximum absolute atomic E-state index is 9.24. The van der Waals surface area contributed by atoms with E-state index >= 15 is 0 Å². The van der Waals surface area contributed by atoms with E-state index in [-0.39, 0.29) is 0 Å². The summed E-state index contributed by atoms with van der Waals surface area (Å²) < 4.78 is 0. The highest BCUT2D eigenvalue weighted by Gasteiger charge is 2.19. The average molecular weight is 311 g/mol. The molecule has 2 rings (SSSR count). The molecule has 1 saturated heterocycles. The molecule has 90 valence electrons. The summed E-state index contributed by atoms with van der Waals surface area (Å²) in [7, 11) is 0. The number of alkyl halides is 1. The van der Waals surface area contributed by atoms with Crippen molar-refractivity contribution in [2.45, 2.75) is 17.5 Å². The fourth-order valence-corrected chi connectivity index (χ4v) is 3.43. The van der Waals surface area contributed by atoms with Gasteiger partial charge in [-0.25, -0.2) is 0 Å². The molecule has 0 spiro atoms. The number of benzene rings is 1. The molecular formula is C13H15BrN2S. The molecule has 0 aromatic heterocycles. The van der Waals surface area contributed by atoms with E-state index in [0.29, 0.717) is 5.25 Å². The molecule has 1 aromatic rings. The van der Waals surface area contributed by atoms with E-state index in [2.05, 4.69) is 46.0 Å². The van der Waals surface area contributed by atoms with Gasteiger partial charge in [0.15, 0.2) is 0 Å². The largest absolute Gasteiger partial charge is 0.369 e. The molecule has 0 saturated carbocycles. The van der Waals surface area contributed by atoms with E-state index in [0.717, 1.165) is 41.0 Å². The lowest BCUT2D eigenvalue weighted by atomic mass is 10.1. The zero-order chi connectivity index (χ0) is 12.3. The highest BCUT2D eigenvalue weighted by Crippen LogP contribution is 2.27. The summed E-state index contributed by atoms with van der Waals surface area (Å²) in [5.74, 6) is 1.15. The van der Waals surface area contributed by atoms with Crippen LogP contribution >= 0.6 is 27.7 Å². The third-order valence-corrected chi connectivity index (χ3v) is 4.70. The number of hydrogen-bond donors (Lipinski definition) is 0. The number of anilines is 1. The predicted molar refractivity (Wildman–Crippen MR) is 77.9 cm³/mol. The van der Waals surface area contributed by atoms with E-state index < -0.39 is 0 Å². The highest BCUT2D eigenvalue weighted by molar-refractivity contribution is 9.08. The number of nitrogens with zero attached hydrogens (tertiary/aromatic N) is 2. The first-order valence-corrected chi connectivity index (χ1v) is 7.87. The smallest absolute Gasteiger partial charge is 0.101 e. The zero-order valence-electron chi connectivity index (χ0n) is 9.82. The Morgan fingerprint density at radius 2 is 2.41 bits per heavy atom. The van der Waals surface area contributed by atoms with Gasteiger partial charge in [-0.15, -0.1) is 0 Å². The standard InChI is InChI=1S/C13H15BrN2S/c1-10-9-16(4-5-17-10)13-3-2-11(7-14)6-12(13)8-15/h2-3,6,10H,4-5,7,9H2,1H3. The van der Waals surface area contributed by atoms with Crippen LogP contribution < -0.4 is 4.90 Å². The quantitative estimate of drug-likeness (QED) is 0.783. The summed E-state index contributed by atoms with van der Waals surface area (Å²) >= 11 is 5.43. The first-order chi connectivity index (χ1) is 8.24. The fourth-order valence-electron chi connectivity index (χ4n) is 2.07. The molecular weight excluding hydrogens is 296 g/mol. The van der Waals surface area contributed by atoms with Gasteiger partial charge in [-0.05, 0) is 17.7 Å². The van der Waals surface area contributed by atoms with Crippen molar-refractivity contribution < 1.29 is 0 Å². The van der Waals surface area contributed by atoms with Crippen molar-refractivity contribution in [3.63, 3.8) is 0 Å². The summed E-state index contributed by atoms with van der Waals surface area (Å²) in [6.07, 6.45) is 0. The highest BCUT2D eigenvalue weighted by atomic mass is 79.9. The van der Waals surface area contributed by atoms with Crippen LogP contribution in [-0.4, -0.2) is 24.1 Å². The Hall–Kier alpha value is -0.660. The van der Waals surface area contributed by atoms with Crippen LogP contribution in [0.25, 0.3) is 0 Å². The van der Waals surface area contributed by atoms with Crippen molar-refractivity contribution in [1.29, 1.82) is 5.26 Å². The Labute approximate surface area is 115 Å². The molecule has 0 amide bonds. The first-order valence-electron chi connectivity index (χ1n) is 5.70. The van der Waals surface area contributed by atoms with Gasteiger partial charge in [0, 0.05) is 29.4 Å². The number of halogens is 1. The van der Waals surface area contributed by atoms with Crippen LogP contribution in [0.2, 0.25) is 0 Å². The summed E-state index contributed by atoms with van der Waals surface area (Å²) in [5.41, 5.74) is 3.04. The lowest BCUT2D eigenvalue weighted by molar-refractivity contribution is 0.782. The maximum atomic E-state index is 9.24. The Morgan fingerprint density at radius 3 is 3.06 bits per heavy atom. The Morgan fingerprint density at radius 1 is 1.59 bits per heavy atom. The topological polar surface area (TPSA) is 27.0 Å². The van der Waals surface area contributed by atoms with Crippen LogP contribution in [0.1, 0.15) is 18.1 Å². The summed E-state index contributed by atoms with van der Waals surface area (Å²) in [5, 5.41) is 10.7. The minimum absolute atomic E-state index is 0.645. The van der Waals surface area contributed by atoms with E-state index in [1.54, 1.807) is 0 Å². The summed E-state index contributed by atoms with van der Waals surface area (Å²) in [6, 6.07) is 8.47. The molecule has 1 fully saturated rings. The average Bonchev–Trinajstić information content (AvgIpc) is 2.38. The first kappa shape index (κ1) is 12.8. The van der Waals surface area contributed by atoms with Crippen molar-refractivity contribution in [1.82, 2.24) is 0 Å². The van der Waals surface area contributed by atoms with Crippen LogP contribution in [0, 0.1) is 11.3 Å². The monoisotopic (exact) mass is 310 g/mol. The molecule has 1 unspecified atom stereocenters. The molecule has 1 heterocycles. The number of thioether (sulfide) groups is 1. The summed E-state index contributed by atoms with van der Waals surface area (Å²) in [6.45, 7) is 4.32. The zero-order valence-corrected chi connectivity index (χ0v) is 12.2. The third-order valence-electron chi connectivity index (χ3n) is 2.92. The summed E-state index contributed by atoms with van der Waals surface area (Å²) in [4.78, 5) is 2.33. The van der Waals surface area contributed by atoms with Gasteiger partial charge in [-0.3, -0.25) is 0 Å². The molecule has 4 heteroatoms. The van der Waals surface area contributed by atoms with Crippen molar-refractivity contribution in [2.24, 2.45) is 0 Å². The number of nitriles is 1. The normalized spacial score (nSPS) is 20.1. The number of hydrogen-bond acceptors (Lipinski definition) is 3. The molecule has 0 aliphatic carbocycles. The van der Waals surface area contributed by atoms with Crippen LogP contribution in [0.15, 0.2) is 18.2 Å². The Kier molecular flexibility index (Phi) is 4.36. The molecule has 1 aliphatic heterocycles. The van der Waals surface area contributed by atoms with E-state index in [1.165, 1.54) is 0 Å². The Balaban J connectivity index is 2.28. The van der Waals surface area contributed by atoms with Crippen molar-refractivity contribution in [2.75, 3.05) is 23.7 Å². The molecule has 2 nitrogen and oxygen atoms in total.